The summed E-state index contributed by atoms with van der Waals surface area (Å²) in [6.45, 7) is 0.733. The number of sulfonamides is 1. The van der Waals surface area contributed by atoms with E-state index in [9.17, 15) is 8.42 Å². The van der Waals surface area contributed by atoms with E-state index >= 15 is 0 Å². The number of ether oxygens (including phenoxy) is 1. The van der Waals surface area contributed by atoms with E-state index in [1.165, 1.54) is 22.6 Å². The average Bonchev–Trinajstić information content (AvgIpc) is 2.93. The molecule has 1 unspecified atom stereocenters. The first-order valence-corrected chi connectivity index (χ1v) is 8.95. The Morgan fingerprint density at radius 3 is 2.90 bits per heavy atom. The molecule has 8 heteroatoms. The van der Waals surface area contributed by atoms with Gasteiger partial charge in [0.2, 0.25) is 10.0 Å². The minimum atomic E-state index is -3.55. The molecule has 0 spiro atoms. The zero-order valence-corrected chi connectivity index (χ0v) is 13.0. The molecule has 0 saturated carbocycles. The Bertz CT molecular complexity index is 527. The highest BCUT2D eigenvalue weighted by Crippen LogP contribution is 2.27. The second kappa shape index (κ2) is 6.75. The molecule has 0 bridgehead atoms. The first-order chi connectivity index (χ1) is 9.55. The zero-order valence-electron chi connectivity index (χ0n) is 11.4. The molecule has 112 valence electrons. The van der Waals surface area contributed by atoms with Gasteiger partial charge in [0, 0.05) is 31.6 Å². The van der Waals surface area contributed by atoms with E-state index in [1.54, 1.807) is 18.9 Å². The number of anilines is 1. The fourth-order valence-electron chi connectivity index (χ4n) is 2.11. The summed E-state index contributed by atoms with van der Waals surface area (Å²) in [6.07, 6.45) is 2.18. The number of hydrogen-bond acceptors (Lipinski definition) is 6. The lowest BCUT2D eigenvalue weighted by molar-refractivity contribution is 0.169. The van der Waals surface area contributed by atoms with Gasteiger partial charge in [0.15, 0.2) is 0 Å². The Hall–Kier alpha value is -0.830. The topological polar surface area (TPSA) is 85.5 Å². The Morgan fingerprint density at radius 2 is 2.35 bits per heavy atom. The fourth-order valence-corrected chi connectivity index (χ4v) is 5.01. The lowest BCUT2D eigenvalue weighted by Gasteiger charge is -2.27. The molecule has 1 aromatic rings. The Kier molecular flexibility index (Phi) is 5.25. The van der Waals surface area contributed by atoms with Crippen molar-refractivity contribution in [3.05, 3.63) is 18.3 Å². The van der Waals surface area contributed by atoms with E-state index in [-0.39, 0.29) is 10.9 Å². The zero-order chi connectivity index (χ0) is 14.6. The molecule has 0 amide bonds. The van der Waals surface area contributed by atoms with Gasteiger partial charge in [0.1, 0.15) is 10.7 Å². The predicted molar refractivity (Wildman–Crippen MR) is 80.1 cm³/mol. The molecule has 2 N–H and O–H groups in total. The summed E-state index contributed by atoms with van der Waals surface area (Å²) in [5.74, 6) is 2.12. The molecule has 1 aliphatic heterocycles. The molecule has 0 radical (unpaired) electrons. The van der Waals surface area contributed by atoms with Gasteiger partial charge in [-0.05, 0) is 24.3 Å². The minimum absolute atomic E-state index is 0.0257. The lowest BCUT2D eigenvalue weighted by atomic mass is 10.3. The van der Waals surface area contributed by atoms with Crippen molar-refractivity contribution in [2.75, 3.05) is 37.5 Å². The van der Waals surface area contributed by atoms with Crippen LogP contribution in [0.15, 0.2) is 23.2 Å². The quantitative estimate of drug-likeness (QED) is 0.835. The minimum Gasteiger partial charge on any atom is -0.384 e. The smallest absolute Gasteiger partial charge is 0.244 e. The van der Waals surface area contributed by atoms with Crippen molar-refractivity contribution in [3.8, 4) is 0 Å². The summed E-state index contributed by atoms with van der Waals surface area (Å²) in [5.41, 5.74) is 5.51. The van der Waals surface area contributed by atoms with Gasteiger partial charge in [0.25, 0.3) is 0 Å². The molecule has 1 saturated heterocycles. The molecule has 1 fully saturated rings. The van der Waals surface area contributed by atoms with Crippen LogP contribution in [-0.4, -0.2) is 55.5 Å². The summed E-state index contributed by atoms with van der Waals surface area (Å²) in [4.78, 5) is 4.05. The van der Waals surface area contributed by atoms with Gasteiger partial charge >= 0.3 is 0 Å². The van der Waals surface area contributed by atoms with Crippen LogP contribution in [0.5, 0.6) is 0 Å². The van der Waals surface area contributed by atoms with E-state index in [4.69, 9.17) is 10.5 Å². The first-order valence-electron chi connectivity index (χ1n) is 6.36. The molecule has 0 aromatic carbocycles. The highest BCUT2D eigenvalue weighted by molar-refractivity contribution is 7.99. The standard InChI is InChI=1S/C12H19N3O3S2/c1-18-6-5-15(10-4-7-19-9-10)20(16,17)11-2-3-12(13)14-8-11/h2-3,8,10H,4-7,9H2,1H3,(H2,13,14). The molecule has 1 atom stereocenters. The van der Waals surface area contributed by atoms with Crippen molar-refractivity contribution in [1.82, 2.24) is 9.29 Å². The highest BCUT2D eigenvalue weighted by atomic mass is 32.2. The van der Waals surface area contributed by atoms with E-state index in [1.807, 2.05) is 0 Å². The second-order valence-corrected chi connectivity index (χ2v) is 7.59. The average molecular weight is 317 g/mol. The van der Waals surface area contributed by atoms with Crippen molar-refractivity contribution in [3.63, 3.8) is 0 Å². The Labute approximate surface area is 123 Å². The number of hydrogen-bond donors (Lipinski definition) is 1. The van der Waals surface area contributed by atoms with Gasteiger partial charge in [-0.25, -0.2) is 13.4 Å². The maximum atomic E-state index is 12.7. The third-order valence-corrected chi connectivity index (χ3v) is 6.27. The molecular formula is C12H19N3O3S2. The maximum absolute atomic E-state index is 12.7. The third kappa shape index (κ3) is 3.43. The van der Waals surface area contributed by atoms with Crippen LogP contribution in [0.25, 0.3) is 0 Å². The Balaban J connectivity index is 2.27. The number of pyridine rings is 1. The monoisotopic (exact) mass is 317 g/mol. The normalized spacial score (nSPS) is 19.6. The molecule has 0 aliphatic carbocycles. The summed E-state index contributed by atoms with van der Waals surface area (Å²) in [6, 6.07) is 3.03. The van der Waals surface area contributed by atoms with Gasteiger partial charge < -0.3 is 10.5 Å². The number of nitrogens with two attached hydrogens (primary N) is 1. The van der Waals surface area contributed by atoms with E-state index in [2.05, 4.69) is 4.98 Å². The number of methoxy groups -OCH3 is 1. The van der Waals surface area contributed by atoms with Crippen LogP contribution in [0.4, 0.5) is 5.82 Å². The van der Waals surface area contributed by atoms with Gasteiger partial charge in [-0.1, -0.05) is 0 Å². The summed E-state index contributed by atoms with van der Waals surface area (Å²) in [7, 11) is -1.98. The van der Waals surface area contributed by atoms with Crippen molar-refractivity contribution in [2.24, 2.45) is 0 Å². The van der Waals surface area contributed by atoms with Gasteiger partial charge in [-0.3, -0.25) is 0 Å². The van der Waals surface area contributed by atoms with Crippen molar-refractivity contribution < 1.29 is 13.2 Å². The van der Waals surface area contributed by atoms with E-state index < -0.39 is 10.0 Å². The number of nitrogens with zero attached hydrogens (tertiary/aromatic N) is 2. The second-order valence-electron chi connectivity index (χ2n) is 4.54. The molecule has 1 aliphatic rings. The van der Waals surface area contributed by atoms with Crippen LogP contribution < -0.4 is 5.73 Å². The number of rotatable bonds is 6. The summed E-state index contributed by atoms with van der Waals surface area (Å²) >= 11 is 1.78. The van der Waals surface area contributed by atoms with Crippen molar-refractivity contribution >= 4 is 27.6 Å². The van der Waals surface area contributed by atoms with Crippen LogP contribution in [-0.2, 0) is 14.8 Å². The summed E-state index contributed by atoms with van der Waals surface area (Å²) in [5, 5.41) is 0. The van der Waals surface area contributed by atoms with E-state index in [0.29, 0.717) is 19.0 Å². The lowest BCUT2D eigenvalue weighted by Crippen LogP contribution is -2.42. The van der Waals surface area contributed by atoms with Gasteiger partial charge in [0.05, 0.1) is 6.61 Å². The largest absolute Gasteiger partial charge is 0.384 e. The van der Waals surface area contributed by atoms with Crippen LogP contribution in [0.1, 0.15) is 6.42 Å². The van der Waals surface area contributed by atoms with Crippen molar-refractivity contribution in [2.45, 2.75) is 17.4 Å². The molecule has 6 nitrogen and oxygen atoms in total. The fraction of sp³-hybridized carbons (Fsp3) is 0.583. The third-order valence-electron chi connectivity index (χ3n) is 3.19. The predicted octanol–water partition coefficient (Wildman–Crippen LogP) is 0.806. The first kappa shape index (κ1) is 15.6. The van der Waals surface area contributed by atoms with Crippen LogP contribution in [0, 0.1) is 0 Å². The van der Waals surface area contributed by atoms with Gasteiger partial charge in [-0.2, -0.15) is 16.1 Å². The SMILES string of the molecule is COCCN(C1CCSC1)S(=O)(=O)c1ccc(N)nc1. The Morgan fingerprint density at radius 1 is 1.55 bits per heavy atom. The molecule has 1 aromatic heterocycles. The van der Waals surface area contributed by atoms with Gasteiger partial charge in [-0.15, -0.1) is 0 Å². The van der Waals surface area contributed by atoms with Crippen LogP contribution in [0.2, 0.25) is 0 Å². The summed E-state index contributed by atoms with van der Waals surface area (Å²) < 4.78 is 32.0. The molecule has 20 heavy (non-hydrogen) atoms. The molecule has 2 heterocycles. The van der Waals surface area contributed by atoms with Crippen LogP contribution in [0.3, 0.4) is 0 Å². The number of aromatic nitrogens is 1. The number of thioether (sulfide) groups is 1. The highest BCUT2D eigenvalue weighted by Gasteiger charge is 2.33. The molecule has 2 rings (SSSR count). The van der Waals surface area contributed by atoms with E-state index in [0.717, 1.165) is 17.9 Å². The number of nitrogen functional groups attached to an aromatic ring is 1. The van der Waals surface area contributed by atoms with Crippen LogP contribution >= 0.6 is 11.8 Å². The maximum Gasteiger partial charge on any atom is 0.244 e. The van der Waals surface area contributed by atoms with Crippen molar-refractivity contribution in [1.29, 1.82) is 0 Å². The molecular weight excluding hydrogens is 298 g/mol.